The lowest BCUT2D eigenvalue weighted by Gasteiger charge is -2.14. The van der Waals surface area contributed by atoms with Gasteiger partial charge in [-0.3, -0.25) is 4.79 Å². The van der Waals surface area contributed by atoms with Crippen LogP contribution in [0.3, 0.4) is 0 Å². The van der Waals surface area contributed by atoms with Crippen molar-refractivity contribution in [3.05, 3.63) is 52.1 Å². The van der Waals surface area contributed by atoms with Gasteiger partial charge < -0.3 is 15.0 Å². The summed E-state index contributed by atoms with van der Waals surface area (Å²) in [7, 11) is 1.61. The minimum Gasteiger partial charge on any atom is -0.497 e. The second-order valence-electron chi connectivity index (χ2n) is 5.04. The summed E-state index contributed by atoms with van der Waals surface area (Å²) in [6.45, 7) is 3.75. The molecule has 2 rings (SSSR count). The molecule has 0 spiro atoms. The monoisotopic (exact) mass is 333 g/mol. The zero-order valence-corrected chi connectivity index (χ0v) is 14.1. The van der Waals surface area contributed by atoms with Gasteiger partial charge in [0.15, 0.2) is 0 Å². The Kier molecular flexibility index (Phi) is 5.81. The molecule has 2 aromatic rings. The molecule has 2 N–H and O–H groups in total. The normalized spacial score (nSPS) is 11.8. The first-order valence-electron chi connectivity index (χ1n) is 7.12. The minimum atomic E-state index is -0.412. The number of nitrogens with zero attached hydrogens (tertiary/aromatic N) is 1. The van der Waals surface area contributed by atoms with Crippen molar-refractivity contribution in [1.82, 2.24) is 15.3 Å². The van der Waals surface area contributed by atoms with Crippen molar-refractivity contribution >= 4 is 17.7 Å². The number of hydrogen-bond donors (Lipinski definition) is 2. The largest absolute Gasteiger partial charge is 0.497 e. The standard InChI is InChI=1S/C16H19N3O3S/c1-10-8-17-16(21)19-15(10)23-9-14(20)18-11(2)12-4-6-13(22-3)7-5-12/h4-8,11H,9H2,1-3H3,(H,18,20)(H,17,19,21)/t11-/m1/s1. The Morgan fingerprint density at radius 1 is 1.39 bits per heavy atom. The summed E-state index contributed by atoms with van der Waals surface area (Å²) >= 11 is 1.25. The van der Waals surface area contributed by atoms with Crippen LogP contribution in [0.15, 0.2) is 40.3 Å². The summed E-state index contributed by atoms with van der Waals surface area (Å²) in [5.74, 6) is 0.871. The molecule has 1 heterocycles. The Hall–Kier alpha value is -2.28. The summed E-state index contributed by atoms with van der Waals surface area (Å²) in [6, 6.07) is 7.44. The molecule has 0 aliphatic rings. The second kappa shape index (κ2) is 7.82. The van der Waals surface area contributed by atoms with E-state index in [1.165, 1.54) is 11.8 Å². The first-order valence-corrected chi connectivity index (χ1v) is 8.10. The van der Waals surface area contributed by atoms with Crippen LogP contribution < -0.4 is 15.7 Å². The van der Waals surface area contributed by atoms with E-state index in [-0.39, 0.29) is 17.7 Å². The van der Waals surface area contributed by atoms with Crippen LogP contribution in [0.5, 0.6) is 5.75 Å². The molecule has 0 aliphatic heterocycles. The highest BCUT2D eigenvalue weighted by Crippen LogP contribution is 2.19. The highest BCUT2D eigenvalue weighted by atomic mass is 32.2. The third kappa shape index (κ3) is 4.85. The highest BCUT2D eigenvalue weighted by Gasteiger charge is 2.11. The van der Waals surface area contributed by atoms with Crippen molar-refractivity contribution in [1.29, 1.82) is 0 Å². The summed E-state index contributed by atoms with van der Waals surface area (Å²) in [5.41, 5.74) is 1.42. The van der Waals surface area contributed by atoms with E-state index >= 15 is 0 Å². The van der Waals surface area contributed by atoms with Gasteiger partial charge >= 0.3 is 5.69 Å². The lowest BCUT2D eigenvalue weighted by Crippen LogP contribution is -2.28. The number of rotatable bonds is 6. The lowest BCUT2D eigenvalue weighted by atomic mass is 10.1. The average Bonchev–Trinajstić information content (AvgIpc) is 2.55. The quantitative estimate of drug-likeness (QED) is 0.624. The number of carbonyl (C=O) groups excluding carboxylic acids is 1. The molecule has 6 nitrogen and oxygen atoms in total. The van der Waals surface area contributed by atoms with Crippen LogP contribution in [-0.2, 0) is 4.79 Å². The van der Waals surface area contributed by atoms with Crippen LogP contribution in [0, 0.1) is 6.92 Å². The average molecular weight is 333 g/mol. The number of thioether (sulfide) groups is 1. The van der Waals surface area contributed by atoms with Crippen LogP contribution in [0.1, 0.15) is 24.1 Å². The van der Waals surface area contributed by atoms with Crippen molar-refractivity contribution in [3.8, 4) is 5.75 Å². The lowest BCUT2D eigenvalue weighted by molar-refractivity contribution is -0.119. The topological polar surface area (TPSA) is 84.1 Å². The van der Waals surface area contributed by atoms with Gasteiger partial charge in [-0.1, -0.05) is 23.9 Å². The first-order chi connectivity index (χ1) is 11.0. The Balaban J connectivity index is 1.90. The fraction of sp³-hybridized carbons (Fsp3) is 0.312. The number of aryl methyl sites for hydroxylation is 1. The molecule has 0 fully saturated rings. The van der Waals surface area contributed by atoms with E-state index in [1.807, 2.05) is 38.1 Å². The maximum Gasteiger partial charge on any atom is 0.345 e. The van der Waals surface area contributed by atoms with E-state index in [9.17, 15) is 9.59 Å². The maximum absolute atomic E-state index is 12.0. The fourth-order valence-electron chi connectivity index (χ4n) is 1.98. The number of methoxy groups -OCH3 is 1. The molecule has 23 heavy (non-hydrogen) atoms. The van der Waals surface area contributed by atoms with Crippen LogP contribution in [0.2, 0.25) is 0 Å². The molecule has 1 aromatic heterocycles. The number of aromatic nitrogens is 2. The van der Waals surface area contributed by atoms with E-state index in [2.05, 4.69) is 15.3 Å². The number of amides is 1. The third-order valence-electron chi connectivity index (χ3n) is 3.29. The van der Waals surface area contributed by atoms with Crippen molar-refractivity contribution < 1.29 is 9.53 Å². The number of nitrogens with one attached hydrogen (secondary N) is 2. The molecule has 1 amide bonds. The number of H-pyrrole nitrogens is 1. The molecule has 0 aliphatic carbocycles. The predicted molar refractivity (Wildman–Crippen MR) is 89.9 cm³/mol. The van der Waals surface area contributed by atoms with Crippen molar-refractivity contribution in [2.45, 2.75) is 24.9 Å². The first kappa shape index (κ1) is 17.1. The van der Waals surface area contributed by atoms with Crippen LogP contribution in [0.4, 0.5) is 0 Å². The second-order valence-corrected chi connectivity index (χ2v) is 6.01. The molecule has 0 bridgehead atoms. The summed E-state index contributed by atoms with van der Waals surface area (Å²) < 4.78 is 5.11. The number of hydrogen-bond acceptors (Lipinski definition) is 5. The predicted octanol–water partition coefficient (Wildman–Crippen LogP) is 2.06. The Morgan fingerprint density at radius 3 is 2.74 bits per heavy atom. The third-order valence-corrected chi connectivity index (χ3v) is 4.38. The van der Waals surface area contributed by atoms with Crippen LogP contribution in [-0.4, -0.2) is 28.7 Å². The Morgan fingerprint density at radius 2 is 2.09 bits per heavy atom. The molecule has 0 radical (unpaired) electrons. The van der Waals surface area contributed by atoms with Gasteiger partial charge in [0.1, 0.15) is 10.8 Å². The van der Waals surface area contributed by atoms with E-state index in [0.717, 1.165) is 16.9 Å². The van der Waals surface area contributed by atoms with Gasteiger partial charge in [-0.15, -0.1) is 0 Å². The molecule has 122 valence electrons. The van der Waals surface area contributed by atoms with Gasteiger partial charge in [-0.05, 0) is 37.1 Å². The maximum atomic E-state index is 12.0. The Labute approximate surface area is 138 Å². The van der Waals surface area contributed by atoms with Crippen molar-refractivity contribution in [2.24, 2.45) is 0 Å². The molecule has 7 heteroatoms. The van der Waals surface area contributed by atoms with Crippen LogP contribution >= 0.6 is 11.8 Å². The SMILES string of the molecule is COc1ccc([C@@H](C)NC(=O)CSc2nc(=O)[nH]cc2C)cc1. The van der Waals surface area contributed by atoms with E-state index in [4.69, 9.17) is 4.74 Å². The van der Waals surface area contributed by atoms with Gasteiger partial charge in [0.25, 0.3) is 0 Å². The van der Waals surface area contributed by atoms with Gasteiger partial charge in [-0.25, -0.2) is 4.79 Å². The van der Waals surface area contributed by atoms with Gasteiger partial charge in [-0.2, -0.15) is 4.98 Å². The van der Waals surface area contributed by atoms with E-state index < -0.39 is 5.69 Å². The number of aromatic amines is 1. The number of ether oxygens (including phenoxy) is 1. The summed E-state index contributed by atoms with van der Waals surface area (Å²) in [4.78, 5) is 29.6. The van der Waals surface area contributed by atoms with E-state index in [1.54, 1.807) is 13.3 Å². The van der Waals surface area contributed by atoms with E-state index in [0.29, 0.717) is 5.03 Å². The zero-order valence-electron chi connectivity index (χ0n) is 13.3. The number of carbonyl (C=O) groups is 1. The van der Waals surface area contributed by atoms with Gasteiger partial charge in [0, 0.05) is 6.20 Å². The number of benzene rings is 1. The molecule has 0 unspecified atom stereocenters. The molecular weight excluding hydrogens is 314 g/mol. The zero-order chi connectivity index (χ0) is 16.8. The highest BCUT2D eigenvalue weighted by molar-refractivity contribution is 7.99. The summed E-state index contributed by atoms with van der Waals surface area (Å²) in [6.07, 6.45) is 1.59. The molecule has 0 saturated heterocycles. The smallest absolute Gasteiger partial charge is 0.345 e. The van der Waals surface area contributed by atoms with Gasteiger partial charge in [0.05, 0.1) is 18.9 Å². The Bertz CT molecular complexity index is 728. The molecule has 1 aromatic carbocycles. The molecule has 1 atom stereocenters. The van der Waals surface area contributed by atoms with Crippen molar-refractivity contribution in [3.63, 3.8) is 0 Å². The molecule has 0 saturated carbocycles. The van der Waals surface area contributed by atoms with Gasteiger partial charge in [0.2, 0.25) is 5.91 Å². The summed E-state index contributed by atoms with van der Waals surface area (Å²) in [5, 5.41) is 3.49. The van der Waals surface area contributed by atoms with Crippen molar-refractivity contribution in [2.75, 3.05) is 12.9 Å². The molecular formula is C16H19N3O3S. The fourth-order valence-corrected chi connectivity index (χ4v) is 2.77. The minimum absolute atomic E-state index is 0.109. The van der Waals surface area contributed by atoms with Crippen LogP contribution in [0.25, 0.3) is 0 Å².